The number of rotatable bonds is 4. The molecule has 1 aromatic carbocycles. The molecule has 6 heteroatoms. The van der Waals surface area contributed by atoms with E-state index < -0.39 is 0 Å². The molecule has 4 rings (SSSR count). The molecule has 1 atom stereocenters. The Morgan fingerprint density at radius 3 is 2.50 bits per heavy atom. The molecule has 0 saturated carbocycles. The van der Waals surface area contributed by atoms with E-state index in [0.717, 1.165) is 12.0 Å². The molecule has 28 heavy (non-hydrogen) atoms. The van der Waals surface area contributed by atoms with Gasteiger partial charge in [0, 0.05) is 30.8 Å². The van der Waals surface area contributed by atoms with Gasteiger partial charge in [-0.05, 0) is 30.7 Å². The molecule has 3 heterocycles. The number of furan rings is 1. The number of hydrogen-bond acceptors (Lipinski definition) is 4. The Labute approximate surface area is 164 Å². The highest BCUT2D eigenvalue weighted by Gasteiger charge is 2.25. The zero-order valence-electron chi connectivity index (χ0n) is 16.0. The van der Waals surface area contributed by atoms with Gasteiger partial charge in [-0.3, -0.25) is 9.59 Å². The first kappa shape index (κ1) is 18.5. The molecule has 0 N–H and O–H groups in total. The molecule has 1 aromatic heterocycles. The lowest BCUT2D eigenvalue weighted by Gasteiger charge is -2.25. The summed E-state index contributed by atoms with van der Waals surface area (Å²) in [4.78, 5) is 28.9. The topological polar surface area (TPSA) is 63.0 Å². The molecule has 2 aliphatic heterocycles. The second kappa shape index (κ2) is 8.02. The summed E-state index contributed by atoms with van der Waals surface area (Å²) >= 11 is 0. The predicted molar refractivity (Wildman–Crippen MR) is 105 cm³/mol. The third-order valence-corrected chi connectivity index (χ3v) is 5.27. The van der Waals surface area contributed by atoms with E-state index in [-0.39, 0.29) is 17.9 Å². The van der Waals surface area contributed by atoms with Gasteiger partial charge in [0.1, 0.15) is 5.76 Å². The maximum absolute atomic E-state index is 12.7. The zero-order chi connectivity index (χ0) is 19.5. The van der Waals surface area contributed by atoms with E-state index in [0.29, 0.717) is 49.9 Å². The van der Waals surface area contributed by atoms with Crippen molar-refractivity contribution in [1.82, 2.24) is 9.80 Å². The Morgan fingerprint density at radius 1 is 1.04 bits per heavy atom. The number of nitrogens with zero attached hydrogens (tertiary/aromatic N) is 2. The maximum Gasteiger partial charge on any atom is 0.289 e. The lowest BCUT2D eigenvalue weighted by atomic mass is 10.1. The Balaban J connectivity index is 1.46. The van der Waals surface area contributed by atoms with E-state index in [1.807, 2.05) is 35.2 Å². The molecule has 0 aliphatic carbocycles. The predicted octanol–water partition coefficient (Wildman–Crippen LogP) is 3.21. The molecular weight excluding hydrogens is 356 g/mol. The normalized spacial score (nSPS) is 19.2. The van der Waals surface area contributed by atoms with E-state index in [2.05, 4.69) is 13.0 Å². The van der Waals surface area contributed by atoms with Crippen molar-refractivity contribution >= 4 is 11.8 Å². The quantitative estimate of drug-likeness (QED) is 0.764. The van der Waals surface area contributed by atoms with Crippen LogP contribution in [0.4, 0.5) is 0 Å². The van der Waals surface area contributed by atoms with Crippen molar-refractivity contribution in [1.29, 1.82) is 0 Å². The van der Waals surface area contributed by atoms with E-state index in [9.17, 15) is 9.59 Å². The monoisotopic (exact) mass is 380 g/mol. The summed E-state index contributed by atoms with van der Waals surface area (Å²) in [5, 5.41) is 0. The number of morpholine rings is 1. The summed E-state index contributed by atoms with van der Waals surface area (Å²) in [7, 11) is 0. The van der Waals surface area contributed by atoms with Crippen LogP contribution in [-0.4, -0.2) is 60.5 Å². The average Bonchev–Trinajstić information content (AvgIpc) is 3.43. The van der Waals surface area contributed by atoms with E-state index in [1.54, 1.807) is 17.0 Å². The average molecular weight is 380 g/mol. The molecule has 0 unspecified atom stereocenters. The summed E-state index contributed by atoms with van der Waals surface area (Å²) in [6.07, 6.45) is 5.03. The molecule has 146 valence electrons. The van der Waals surface area contributed by atoms with Gasteiger partial charge in [-0.2, -0.15) is 0 Å². The minimum absolute atomic E-state index is 0.0334. The largest absolute Gasteiger partial charge is 0.451 e. The van der Waals surface area contributed by atoms with Crippen molar-refractivity contribution in [2.45, 2.75) is 19.4 Å². The molecule has 0 radical (unpaired) electrons. The molecule has 1 fully saturated rings. The van der Waals surface area contributed by atoms with Crippen LogP contribution in [0.5, 0.6) is 0 Å². The SMILES string of the molecule is CC[C@H]1C=CCN1C(=O)c1ccc(-c2ccc(C(=O)N3CCOCC3)o2)cc1. The van der Waals surface area contributed by atoms with Crippen LogP contribution in [0.1, 0.15) is 34.3 Å². The fraction of sp³-hybridized carbons (Fsp3) is 0.364. The Bertz CT molecular complexity index is 878. The molecule has 0 spiro atoms. The van der Waals surface area contributed by atoms with Crippen molar-refractivity contribution in [3.63, 3.8) is 0 Å². The van der Waals surface area contributed by atoms with Gasteiger partial charge in [0.05, 0.1) is 19.3 Å². The first-order valence-corrected chi connectivity index (χ1v) is 9.72. The van der Waals surface area contributed by atoms with Crippen LogP contribution in [0.15, 0.2) is 53.0 Å². The molecule has 6 nitrogen and oxygen atoms in total. The summed E-state index contributed by atoms with van der Waals surface area (Å²) in [5.41, 5.74) is 1.49. The number of hydrogen-bond donors (Lipinski definition) is 0. The molecular formula is C22H24N2O4. The Hall–Kier alpha value is -2.86. The highest BCUT2D eigenvalue weighted by molar-refractivity contribution is 5.95. The minimum Gasteiger partial charge on any atom is -0.451 e. The van der Waals surface area contributed by atoms with Gasteiger partial charge in [-0.15, -0.1) is 0 Å². The number of amides is 2. The second-order valence-corrected chi connectivity index (χ2v) is 7.01. The molecule has 2 amide bonds. The summed E-state index contributed by atoms with van der Waals surface area (Å²) in [6.45, 7) is 5.01. The van der Waals surface area contributed by atoms with Crippen molar-refractivity contribution < 1.29 is 18.7 Å². The van der Waals surface area contributed by atoms with E-state index in [1.165, 1.54) is 0 Å². The van der Waals surface area contributed by atoms with Crippen molar-refractivity contribution in [2.75, 3.05) is 32.8 Å². The van der Waals surface area contributed by atoms with Crippen LogP contribution in [0.3, 0.4) is 0 Å². The van der Waals surface area contributed by atoms with Gasteiger partial charge in [-0.25, -0.2) is 0 Å². The minimum atomic E-state index is -0.117. The maximum atomic E-state index is 12.7. The van der Waals surface area contributed by atoms with Crippen molar-refractivity contribution in [3.05, 3.63) is 59.9 Å². The van der Waals surface area contributed by atoms with Crippen LogP contribution in [0, 0.1) is 0 Å². The Morgan fingerprint density at radius 2 is 1.79 bits per heavy atom. The third-order valence-electron chi connectivity index (χ3n) is 5.27. The highest BCUT2D eigenvalue weighted by atomic mass is 16.5. The number of ether oxygens (including phenoxy) is 1. The first-order chi connectivity index (χ1) is 13.7. The van der Waals surface area contributed by atoms with Crippen LogP contribution >= 0.6 is 0 Å². The third kappa shape index (κ3) is 3.60. The van der Waals surface area contributed by atoms with Crippen LogP contribution < -0.4 is 0 Å². The Kier molecular flexibility index (Phi) is 5.30. The first-order valence-electron chi connectivity index (χ1n) is 9.72. The smallest absolute Gasteiger partial charge is 0.289 e. The van der Waals surface area contributed by atoms with Gasteiger partial charge in [0.2, 0.25) is 0 Å². The van der Waals surface area contributed by atoms with Crippen LogP contribution in [0.25, 0.3) is 11.3 Å². The van der Waals surface area contributed by atoms with Crippen LogP contribution in [-0.2, 0) is 4.74 Å². The van der Waals surface area contributed by atoms with Crippen molar-refractivity contribution in [2.24, 2.45) is 0 Å². The number of carbonyl (C=O) groups is 2. The zero-order valence-corrected chi connectivity index (χ0v) is 16.0. The molecule has 1 saturated heterocycles. The number of benzene rings is 1. The lowest BCUT2D eigenvalue weighted by molar-refractivity contribution is 0.0283. The summed E-state index contributed by atoms with van der Waals surface area (Å²) < 4.78 is 11.1. The highest BCUT2D eigenvalue weighted by Crippen LogP contribution is 2.25. The van der Waals surface area contributed by atoms with Crippen LogP contribution in [0.2, 0.25) is 0 Å². The standard InChI is InChI=1S/C22H24N2O4/c1-2-18-4-3-11-24(18)21(25)17-7-5-16(6-8-17)19-9-10-20(28-19)22(26)23-12-14-27-15-13-23/h3-10,18H,2,11-15H2,1H3/t18-/m0/s1. The molecule has 2 aromatic rings. The molecule has 2 aliphatic rings. The van der Waals surface area contributed by atoms with Gasteiger partial charge in [-0.1, -0.05) is 31.2 Å². The van der Waals surface area contributed by atoms with E-state index >= 15 is 0 Å². The number of carbonyl (C=O) groups excluding carboxylic acids is 2. The fourth-order valence-corrected chi connectivity index (χ4v) is 3.63. The van der Waals surface area contributed by atoms with Gasteiger partial charge in [0.15, 0.2) is 5.76 Å². The molecule has 0 bridgehead atoms. The second-order valence-electron chi connectivity index (χ2n) is 7.01. The lowest BCUT2D eigenvalue weighted by Crippen LogP contribution is -2.40. The fourth-order valence-electron chi connectivity index (χ4n) is 3.63. The van der Waals surface area contributed by atoms with Gasteiger partial charge >= 0.3 is 0 Å². The van der Waals surface area contributed by atoms with Crippen molar-refractivity contribution in [3.8, 4) is 11.3 Å². The van der Waals surface area contributed by atoms with E-state index in [4.69, 9.17) is 9.15 Å². The van der Waals surface area contributed by atoms with Gasteiger partial charge < -0.3 is 19.0 Å². The summed E-state index contributed by atoms with van der Waals surface area (Å²) in [6, 6.07) is 11.0. The van der Waals surface area contributed by atoms with Gasteiger partial charge in [0.25, 0.3) is 11.8 Å². The summed E-state index contributed by atoms with van der Waals surface area (Å²) in [5.74, 6) is 0.857.